The van der Waals surface area contributed by atoms with E-state index in [1.807, 2.05) is 34.5 Å². The van der Waals surface area contributed by atoms with Crippen LogP contribution in [0.5, 0.6) is 0 Å². The van der Waals surface area contributed by atoms with Crippen molar-refractivity contribution >= 4 is 105 Å². The molecule has 0 saturated heterocycles. The molecule has 0 spiro atoms. The topological polar surface area (TPSA) is 241 Å². The minimum Gasteiger partial charge on any atom is -0.347 e. The molecule has 6 N–H and O–H groups in total. The second kappa shape index (κ2) is 27.4. The van der Waals surface area contributed by atoms with Crippen LogP contribution in [0.4, 0.5) is 30.2 Å². The van der Waals surface area contributed by atoms with Gasteiger partial charge in [0.15, 0.2) is 0 Å². The smallest absolute Gasteiger partial charge is 0.292 e. The Morgan fingerprint density at radius 2 is 0.655 bits per heavy atom. The highest BCUT2D eigenvalue weighted by Gasteiger charge is 2.39. The Labute approximate surface area is 516 Å². The maximum atomic E-state index is 13.4. The van der Waals surface area contributed by atoms with Crippen molar-refractivity contribution in [2.75, 3.05) is 16.0 Å². The number of hydrogen-bond acceptors (Lipinski definition) is 9. The second-order valence-electron chi connectivity index (χ2n) is 22.8. The number of aromatic nitrogens is 3. The summed E-state index contributed by atoms with van der Waals surface area (Å²) in [6.07, 6.45) is 4.12. The first-order valence-corrected chi connectivity index (χ1v) is 29.5. The first-order chi connectivity index (χ1) is 40.8. The molecule has 87 heavy (non-hydrogen) atoms. The molecule has 0 fully saturated rings. The Balaban J connectivity index is 0.000000186. The van der Waals surface area contributed by atoms with Crippen LogP contribution in [0.2, 0.25) is 15.1 Å². The van der Waals surface area contributed by atoms with E-state index in [0.717, 1.165) is 19.3 Å². The number of nitrogens with one attached hydrogen (secondary N) is 6. The first-order valence-electron chi connectivity index (χ1n) is 28.4. The summed E-state index contributed by atoms with van der Waals surface area (Å²) < 4.78 is 45.6. The van der Waals surface area contributed by atoms with Crippen LogP contribution in [0, 0.1) is 38.2 Å². The number of benzene rings is 3. The number of rotatable bonds is 15. The molecule has 18 nitrogen and oxygen atoms in total. The van der Waals surface area contributed by atoms with Gasteiger partial charge in [0, 0.05) is 70.4 Å². The number of fused-ring (bicyclic) bond motifs is 3. The quantitative estimate of drug-likeness (QED) is 0.0423. The van der Waals surface area contributed by atoms with E-state index in [1.54, 1.807) is 62.3 Å². The van der Waals surface area contributed by atoms with Crippen LogP contribution in [0.25, 0.3) is 0 Å². The van der Waals surface area contributed by atoms with Gasteiger partial charge in [0.2, 0.25) is 0 Å². The lowest BCUT2D eigenvalue weighted by molar-refractivity contribution is -0.118. The molecule has 1 unspecified atom stereocenters. The van der Waals surface area contributed by atoms with Crippen LogP contribution in [-0.4, -0.2) is 84.6 Å². The Kier molecular flexibility index (Phi) is 20.9. The summed E-state index contributed by atoms with van der Waals surface area (Å²) in [5, 5.41) is 15.7. The van der Waals surface area contributed by atoms with Crippen LogP contribution in [-0.2, 0) is 33.6 Å². The molecule has 6 amide bonds. The minimum atomic E-state index is -0.687. The summed E-state index contributed by atoms with van der Waals surface area (Å²) in [7, 11) is 0. The molecule has 462 valence electrons. The lowest BCUT2D eigenvalue weighted by Crippen LogP contribution is -2.36. The van der Waals surface area contributed by atoms with Crippen LogP contribution < -0.4 is 31.9 Å². The summed E-state index contributed by atoms with van der Waals surface area (Å²) in [4.78, 5) is 115. The van der Waals surface area contributed by atoms with Crippen LogP contribution >= 0.6 is 34.8 Å². The maximum Gasteiger partial charge on any atom is 0.292 e. The molecule has 3 aliphatic rings. The molecule has 3 aliphatic heterocycles. The number of halogens is 6. The van der Waals surface area contributed by atoms with Gasteiger partial charge in [-0.05, 0) is 193 Å². The van der Waals surface area contributed by atoms with Crippen molar-refractivity contribution in [1.29, 1.82) is 0 Å². The Morgan fingerprint density at radius 3 is 0.862 bits per heavy atom. The van der Waals surface area contributed by atoms with Crippen molar-refractivity contribution in [3.05, 3.63) is 155 Å². The molecular weight excluding hydrogens is 1190 g/mol. The van der Waals surface area contributed by atoms with Crippen molar-refractivity contribution in [1.82, 2.24) is 29.7 Å². The van der Waals surface area contributed by atoms with Gasteiger partial charge in [0.1, 0.15) is 34.5 Å². The van der Waals surface area contributed by atoms with Crippen LogP contribution in [0.3, 0.4) is 0 Å². The molecule has 9 rings (SSSR count). The predicted molar refractivity (Wildman–Crippen MR) is 328 cm³/mol. The third kappa shape index (κ3) is 14.2. The largest absolute Gasteiger partial charge is 0.347 e. The van der Waals surface area contributed by atoms with Gasteiger partial charge < -0.3 is 45.6 Å². The normalized spacial score (nSPS) is 15.3. The number of amides is 6. The lowest BCUT2D eigenvalue weighted by atomic mass is 10.0. The van der Waals surface area contributed by atoms with E-state index in [2.05, 4.69) is 31.9 Å². The highest BCUT2D eigenvalue weighted by Crippen LogP contribution is 2.39. The molecule has 6 aromatic rings. The standard InChI is InChI=1S/3C21H23ClFN3O3/c3*1-10(2)24-21(29)19(27)17-12(4)18(26-11(3)5-8-16(17)26)20(28)25-13-6-7-15(23)14(22)9-13/h3*6-7,9-11H,5,8H2,1-4H3,(H,24,29)(H,25,28)/t2*11-;/m10./s1. The predicted octanol–water partition coefficient (Wildman–Crippen LogP) is 12.2. The highest BCUT2D eigenvalue weighted by molar-refractivity contribution is 6.45. The zero-order valence-corrected chi connectivity index (χ0v) is 52.5. The van der Waals surface area contributed by atoms with Crippen molar-refractivity contribution < 1.29 is 56.3 Å². The third-order valence-corrected chi connectivity index (χ3v) is 16.0. The zero-order chi connectivity index (χ0) is 64.4. The molecule has 24 heteroatoms. The van der Waals surface area contributed by atoms with E-state index in [-0.39, 0.29) is 68.0 Å². The third-order valence-electron chi connectivity index (χ3n) is 15.1. The number of carbonyl (C=O) groups excluding carboxylic acids is 9. The molecule has 0 radical (unpaired) electrons. The molecule has 3 aromatic carbocycles. The molecule has 3 aromatic heterocycles. The van der Waals surface area contributed by atoms with Gasteiger partial charge in [-0.2, -0.15) is 0 Å². The fraction of sp³-hybridized carbons (Fsp3) is 0.381. The number of hydrogen-bond donors (Lipinski definition) is 6. The van der Waals surface area contributed by atoms with Gasteiger partial charge in [-0.1, -0.05) is 34.8 Å². The van der Waals surface area contributed by atoms with Gasteiger partial charge in [-0.25, -0.2) is 13.2 Å². The Bertz CT molecular complexity index is 3420. The van der Waals surface area contributed by atoms with E-state index >= 15 is 0 Å². The van der Waals surface area contributed by atoms with Crippen molar-refractivity contribution in [3.8, 4) is 0 Å². The number of ketones is 3. The summed E-state index contributed by atoms with van der Waals surface area (Å²) in [6, 6.07) is 11.2. The van der Waals surface area contributed by atoms with Crippen molar-refractivity contribution in [3.63, 3.8) is 0 Å². The SMILES string of the molecule is Cc1c(C(=O)C(=O)NC(C)C)c2n(c1C(=O)Nc1ccc(F)c(Cl)c1)C(C)CC2.Cc1c(C(=O)C(=O)NC(C)C)c2n(c1C(=O)Nc1ccc(F)c(Cl)c1)[C@@H](C)CC2.Cc1c(C(=O)C(=O)NC(C)C)c2n(c1C(=O)Nc1ccc(F)c(Cl)c1)[C@H](C)CC2. The van der Waals surface area contributed by atoms with E-state index < -0.39 is 70.2 Å². The second-order valence-corrected chi connectivity index (χ2v) is 24.0. The zero-order valence-electron chi connectivity index (χ0n) is 50.2. The van der Waals surface area contributed by atoms with E-state index in [9.17, 15) is 56.3 Å². The summed E-state index contributed by atoms with van der Waals surface area (Å²) >= 11 is 17.4. The minimum absolute atomic E-state index is 0.0102. The molecule has 3 atom stereocenters. The summed E-state index contributed by atoms with van der Waals surface area (Å²) in [5.41, 5.74) is 6.32. The molecule has 0 saturated carbocycles. The average Bonchev–Trinajstić information content (AvgIpc) is 1.65. The molecular formula is C63H69Cl3F3N9O9. The van der Waals surface area contributed by atoms with Gasteiger partial charge in [-0.15, -0.1) is 0 Å². The Hall–Kier alpha value is -8.01. The van der Waals surface area contributed by atoms with Crippen LogP contribution in [0.1, 0.15) is 196 Å². The summed E-state index contributed by atoms with van der Waals surface area (Å²) in [6.45, 7) is 21.5. The van der Waals surface area contributed by atoms with E-state index in [1.165, 1.54) is 54.6 Å². The number of carbonyl (C=O) groups is 9. The van der Waals surface area contributed by atoms with E-state index in [4.69, 9.17) is 34.8 Å². The Morgan fingerprint density at radius 1 is 0.425 bits per heavy atom. The number of anilines is 3. The molecule has 6 heterocycles. The van der Waals surface area contributed by atoms with Gasteiger partial charge >= 0.3 is 0 Å². The fourth-order valence-electron chi connectivity index (χ4n) is 11.3. The van der Waals surface area contributed by atoms with E-state index in [0.29, 0.717) is 87.2 Å². The molecule has 0 bridgehead atoms. The maximum absolute atomic E-state index is 13.4. The molecule has 0 aliphatic carbocycles. The number of nitrogens with zero attached hydrogens (tertiary/aromatic N) is 3. The fourth-order valence-corrected chi connectivity index (χ4v) is 11.8. The lowest BCUT2D eigenvalue weighted by Gasteiger charge is -2.13. The summed E-state index contributed by atoms with van der Waals surface area (Å²) in [5.74, 6) is -7.05. The number of Topliss-reactive ketones (excluding diaryl/α,β-unsaturated/α-hetero) is 3. The highest BCUT2D eigenvalue weighted by atomic mass is 35.5. The van der Waals surface area contributed by atoms with Crippen molar-refractivity contribution in [2.24, 2.45) is 0 Å². The first kappa shape index (κ1) is 66.5. The average molecular weight is 1260 g/mol. The van der Waals surface area contributed by atoms with Gasteiger partial charge in [0.25, 0.3) is 52.8 Å². The van der Waals surface area contributed by atoms with Gasteiger partial charge in [0.05, 0.1) is 31.8 Å². The monoisotopic (exact) mass is 1260 g/mol. The van der Waals surface area contributed by atoms with Crippen molar-refractivity contribution in [2.45, 2.75) is 158 Å². The van der Waals surface area contributed by atoms with Gasteiger partial charge in [-0.3, -0.25) is 43.2 Å². The van der Waals surface area contributed by atoms with Crippen LogP contribution in [0.15, 0.2) is 54.6 Å².